The van der Waals surface area contributed by atoms with E-state index in [1.807, 2.05) is 44.2 Å². The predicted octanol–water partition coefficient (Wildman–Crippen LogP) is 6.60. The Labute approximate surface area is 269 Å². The van der Waals surface area contributed by atoms with Crippen molar-refractivity contribution in [2.24, 2.45) is 5.92 Å². The number of nitrogens with zero attached hydrogens (tertiary/aromatic N) is 2. The molecule has 2 amide bonds. The van der Waals surface area contributed by atoms with E-state index in [0.29, 0.717) is 11.6 Å². The van der Waals surface area contributed by atoms with E-state index < -0.39 is 28.5 Å². The number of amides is 2. The molecule has 44 heavy (non-hydrogen) atoms. The Bertz CT molecular complexity index is 1650. The Morgan fingerprint density at radius 1 is 0.773 bits per heavy atom. The summed E-state index contributed by atoms with van der Waals surface area (Å²) in [5.41, 5.74) is 1.74. The molecule has 0 saturated carbocycles. The standard InChI is InChI=1S/C34H35Cl2N3O4S/c1-25(2)22-37-34(41)32(21-26-11-5-3-6-12-26)38(23-27-17-19-28(35)20-18-27)33(40)24-39(31-16-10-9-15-30(31)36)44(42,43)29-13-7-4-8-14-29/h3-20,25,32H,21-24H2,1-2H3,(H,37,41). The van der Waals surface area contributed by atoms with Gasteiger partial charge in [-0.25, -0.2) is 8.42 Å². The molecule has 0 aliphatic carbocycles. The van der Waals surface area contributed by atoms with E-state index in [-0.39, 0.29) is 40.4 Å². The highest BCUT2D eigenvalue weighted by Crippen LogP contribution is 2.31. The first-order valence-corrected chi connectivity index (χ1v) is 16.4. The molecule has 0 aromatic heterocycles. The third-order valence-corrected chi connectivity index (χ3v) is 9.30. The van der Waals surface area contributed by atoms with Crippen LogP contribution in [0.5, 0.6) is 0 Å². The van der Waals surface area contributed by atoms with Crippen LogP contribution in [0.3, 0.4) is 0 Å². The van der Waals surface area contributed by atoms with Crippen molar-refractivity contribution in [3.63, 3.8) is 0 Å². The number of hydrogen-bond donors (Lipinski definition) is 1. The molecule has 4 aromatic rings. The molecule has 1 unspecified atom stereocenters. The Kier molecular flexibility index (Phi) is 11.4. The second-order valence-electron chi connectivity index (χ2n) is 10.8. The van der Waals surface area contributed by atoms with Crippen LogP contribution in [0.25, 0.3) is 0 Å². The molecule has 1 N–H and O–H groups in total. The fraction of sp³-hybridized carbons (Fsp3) is 0.235. The van der Waals surface area contributed by atoms with E-state index in [4.69, 9.17) is 23.2 Å². The van der Waals surface area contributed by atoms with Gasteiger partial charge in [-0.15, -0.1) is 0 Å². The summed E-state index contributed by atoms with van der Waals surface area (Å²) in [4.78, 5) is 29.7. The average molecular weight is 653 g/mol. The van der Waals surface area contributed by atoms with Crippen LogP contribution >= 0.6 is 23.2 Å². The fourth-order valence-corrected chi connectivity index (χ4v) is 6.52. The van der Waals surface area contributed by atoms with E-state index in [2.05, 4.69) is 5.32 Å². The second kappa shape index (κ2) is 15.2. The maximum absolute atomic E-state index is 14.4. The molecule has 4 aromatic carbocycles. The number of rotatable bonds is 13. The van der Waals surface area contributed by atoms with Crippen molar-refractivity contribution < 1.29 is 18.0 Å². The highest BCUT2D eigenvalue weighted by Gasteiger charge is 2.35. The Morgan fingerprint density at radius 2 is 1.36 bits per heavy atom. The Balaban J connectivity index is 1.79. The van der Waals surface area contributed by atoms with Gasteiger partial charge in [0.05, 0.1) is 15.6 Å². The second-order valence-corrected chi connectivity index (χ2v) is 13.5. The quantitative estimate of drug-likeness (QED) is 0.176. The lowest BCUT2D eigenvalue weighted by atomic mass is 10.0. The fourth-order valence-electron chi connectivity index (χ4n) is 4.65. The predicted molar refractivity (Wildman–Crippen MR) is 176 cm³/mol. The molecule has 0 aliphatic heterocycles. The minimum absolute atomic E-state index is 0.00693. The smallest absolute Gasteiger partial charge is 0.264 e. The number of carbonyl (C=O) groups is 2. The van der Waals surface area contributed by atoms with Crippen molar-refractivity contribution in [2.75, 3.05) is 17.4 Å². The van der Waals surface area contributed by atoms with Crippen molar-refractivity contribution >= 4 is 50.7 Å². The lowest BCUT2D eigenvalue weighted by Crippen LogP contribution is -2.53. The van der Waals surface area contributed by atoms with Gasteiger partial charge in [-0.3, -0.25) is 13.9 Å². The molecule has 7 nitrogen and oxygen atoms in total. The molecule has 0 heterocycles. The molecule has 0 saturated heterocycles. The molecule has 0 aliphatic rings. The number of hydrogen-bond acceptors (Lipinski definition) is 4. The van der Waals surface area contributed by atoms with E-state index in [9.17, 15) is 18.0 Å². The zero-order valence-electron chi connectivity index (χ0n) is 24.6. The topological polar surface area (TPSA) is 86.8 Å². The van der Waals surface area contributed by atoms with Crippen LogP contribution in [-0.2, 0) is 32.6 Å². The minimum atomic E-state index is -4.23. The van der Waals surface area contributed by atoms with Gasteiger partial charge in [0, 0.05) is 24.5 Å². The zero-order chi connectivity index (χ0) is 31.7. The molecule has 4 rings (SSSR count). The van der Waals surface area contributed by atoms with Crippen molar-refractivity contribution in [1.82, 2.24) is 10.2 Å². The molecule has 1 atom stereocenters. The lowest BCUT2D eigenvalue weighted by molar-refractivity contribution is -0.140. The summed E-state index contributed by atoms with van der Waals surface area (Å²) < 4.78 is 29.0. The first kappa shape index (κ1) is 33.1. The number of benzene rings is 4. The van der Waals surface area contributed by atoms with Crippen LogP contribution in [0.15, 0.2) is 114 Å². The number of nitrogens with one attached hydrogen (secondary N) is 1. The molecular weight excluding hydrogens is 617 g/mol. The molecule has 0 spiro atoms. The van der Waals surface area contributed by atoms with Crippen molar-refractivity contribution in [3.05, 3.63) is 130 Å². The largest absolute Gasteiger partial charge is 0.354 e. The van der Waals surface area contributed by atoms with Gasteiger partial charge in [0.2, 0.25) is 11.8 Å². The molecule has 10 heteroatoms. The first-order valence-electron chi connectivity index (χ1n) is 14.2. The Morgan fingerprint density at radius 3 is 1.98 bits per heavy atom. The first-order chi connectivity index (χ1) is 21.1. The van der Waals surface area contributed by atoms with Gasteiger partial charge in [0.1, 0.15) is 12.6 Å². The van der Waals surface area contributed by atoms with Crippen LogP contribution in [0.2, 0.25) is 10.0 Å². The summed E-state index contributed by atoms with van der Waals surface area (Å²) in [6.45, 7) is 3.85. The summed E-state index contributed by atoms with van der Waals surface area (Å²) in [5, 5.41) is 3.67. The average Bonchev–Trinajstić information content (AvgIpc) is 3.02. The SMILES string of the molecule is CC(C)CNC(=O)C(Cc1ccccc1)N(Cc1ccc(Cl)cc1)C(=O)CN(c1ccccc1Cl)S(=O)(=O)c1ccccc1. The summed E-state index contributed by atoms with van der Waals surface area (Å²) in [6, 6.07) is 29.8. The number of halogens is 2. The van der Waals surface area contributed by atoms with Crippen LogP contribution in [0.1, 0.15) is 25.0 Å². The van der Waals surface area contributed by atoms with Gasteiger partial charge < -0.3 is 10.2 Å². The third-order valence-electron chi connectivity index (χ3n) is 6.95. The number of para-hydroxylation sites is 1. The number of sulfonamides is 1. The van der Waals surface area contributed by atoms with E-state index in [0.717, 1.165) is 15.4 Å². The molecule has 0 bridgehead atoms. The van der Waals surface area contributed by atoms with Crippen LogP contribution < -0.4 is 9.62 Å². The summed E-state index contributed by atoms with van der Waals surface area (Å²) in [5.74, 6) is -0.719. The molecule has 0 radical (unpaired) electrons. The van der Waals surface area contributed by atoms with Crippen molar-refractivity contribution in [3.8, 4) is 0 Å². The third kappa shape index (κ3) is 8.62. The van der Waals surface area contributed by atoms with Gasteiger partial charge in [0.25, 0.3) is 10.0 Å². The van der Waals surface area contributed by atoms with Gasteiger partial charge >= 0.3 is 0 Å². The molecule has 0 fully saturated rings. The summed E-state index contributed by atoms with van der Waals surface area (Å²) in [7, 11) is -4.23. The summed E-state index contributed by atoms with van der Waals surface area (Å²) in [6.07, 6.45) is 0.224. The normalized spacial score (nSPS) is 12.0. The van der Waals surface area contributed by atoms with E-state index in [1.165, 1.54) is 17.0 Å². The highest BCUT2D eigenvalue weighted by molar-refractivity contribution is 7.92. The molecule has 230 valence electrons. The van der Waals surface area contributed by atoms with E-state index >= 15 is 0 Å². The lowest BCUT2D eigenvalue weighted by Gasteiger charge is -2.34. The zero-order valence-corrected chi connectivity index (χ0v) is 26.9. The number of anilines is 1. The summed E-state index contributed by atoms with van der Waals surface area (Å²) >= 11 is 12.6. The van der Waals surface area contributed by atoms with Crippen LogP contribution in [0.4, 0.5) is 5.69 Å². The van der Waals surface area contributed by atoms with Crippen LogP contribution in [0, 0.1) is 5.92 Å². The van der Waals surface area contributed by atoms with Gasteiger partial charge in [-0.2, -0.15) is 0 Å². The monoisotopic (exact) mass is 651 g/mol. The van der Waals surface area contributed by atoms with E-state index in [1.54, 1.807) is 66.7 Å². The van der Waals surface area contributed by atoms with Crippen molar-refractivity contribution in [2.45, 2.75) is 37.8 Å². The van der Waals surface area contributed by atoms with Crippen LogP contribution in [-0.4, -0.2) is 44.3 Å². The van der Waals surface area contributed by atoms with Gasteiger partial charge in [-0.05, 0) is 53.4 Å². The maximum Gasteiger partial charge on any atom is 0.264 e. The maximum atomic E-state index is 14.4. The highest BCUT2D eigenvalue weighted by atomic mass is 35.5. The van der Waals surface area contributed by atoms with Gasteiger partial charge in [0.15, 0.2) is 0 Å². The molecular formula is C34H35Cl2N3O4S. The van der Waals surface area contributed by atoms with Gasteiger partial charge in [-0.1, -0.05) is 110 Å². The number of carbonyl (C=O) groups excluding carboxylic acids is 2. The Hall–Kier alpha value is -3.85. The van der Waals surface area contributed by atoms with Crippen molar-refractivity contribution in [1.29, 1.82) is 0 Å². The minimum Gasteiger partial charge on any atom is -0.354 e.